The van der Waals surface area contributed by atoms with Crippen molar-refractivity contribution in [2.24, 2.45) is 0 Å². The zero-order chi connectivity index (χ0) is 23.3. The molecule has 2 aliphatic carbocycles. The van der Waals surface area contributed by atoms with E-state index >= 15 is 0 Å². The van der Waals surface area contributed by atoms with Gasteiger partial charge < -0.3 is 20.5 Å². The molecule has 4 rings (SSSR count). The molecule has 0 radical (unpaired) electrons. The number of carboxylic acids is 1. The Balaban J connectivity index is 1.16. The van der Waals surface area contributed by atoms with Crippen LogP contribution in [0.25, 0.3) is 11.1 Å². The third-order valence-corrected chi connectivity index (χ3v) is 6.65. The number of ether oxygens (including phenoxy) is 1. The van der Waals surface area contributed by atoms with Gasteiger partial charge in [-0.3, -0.25) is 9.59 Å². The second-order valence-electron chi connectivity index (χ2n) is 8.96. The van der Waals surface area contributed by atoms with E-state index < -0.39 is 17.6 Å². The van der Waals surface area contributed by atoms with Crippen LogP contribution in [0.2, 0.25) is 0 Å². The van der Waals surface area contributed by atoms with E-state index in [1.807, 2.05) is 24.3 Å². The molecular weight excluding hydrogens is 420 g/mol. The van der Waals surface area contributed by atoms with Crippen LogP contribution in [-0.2, 0) is 14.3 Å². The van der Waals surface area contributed by atoms with Gasteiger partial charge in [0.05, 0.1) is 12.0 Å². The van der Waals surface area contributed by atoms with Gasteiger partial charge in [0.1, 0.15) is 6.61 Å². The van der Waals surface area contributed by atoms with Crippen molar-refractivity contribution in [2.45, 2.75) is 56.4 Å². The SMILES string of the molecule is O=C(O)CC1(NC(=O)CCCCNC(=O)OCC2c3ccccc3-c3ccccc32)CCC1. The number of fused-ring (bicyclic) bond motifs is 3. The molecule has 0 aliphatic heterocycles. The van der Waals surface area contributed by atoms with Crippen LogP contribution in [0.15, 0.2) is 48.5 Å². The Labute approximate surface area is 193 Å². The summed E-state index contributed by atoms with van der Waals surface area (Å²) in [7, 11) is 0. The Bertz CT molecular complexity index is 985. The highest BCUT2D eigenvalue weighted by molar-refractivity contribution is 5.79. The first-order chi connectivity index (χ1) is 16.0. The second kappa shape index (κ2) is 10.1. The first kappa shape index (κ1) is 22.8. The Morgan fingerprint density at radius 2 is 1.61 bits per heavy atom. The zero-order valence-corrected chi connectivity index (χ0v) is 18.6. The summed E-state index contributed by atoms with van der Waals surface area (Å²) in [5.74, 6) is -0.990. The summed E-state index contributed by atoms with van der Waals surface area (Å²) in [5, 5.41) is 14.7. The molecule has 2 aromatic carbocycles. The van der Waals surface area contributed by atoms with E-state index in [2.05, 4.69) is 34.9 Å². The van der Waals surface area contributed by atoms with Crippen molar-refractivity contribution < 1.29 is 24.2 Å². The quantitative estimate of drug-likeness (QED) is 0.471. The van der Waals surface area contributed by atoms with Crippen LogP contribution in [-0.4, -0.2) is 41.8 Å². The molecule has 2 aromatic rings. The normalized spacial score (nSPS) is 15.6. The number of nitrogens with one attached hydrogen (secondary N) is 2. The molecule has 1 fully saturated rings. The van der Waals surface area contributed by atoms with Gasteiger partial charge in [0.2, 0.25) is 5.91 Å². The van der Waals surface area contributed by atoms with Crippen molar-refractivity contribution in [3.05, 3.63) is 59.7 Å². The Hall–Kier alpha value is -3.35. The molecule has 0 spiro atoms. The number of carboxylic acid groups (broad SMARTS) is 1. The highest BCUT2D eigenvalue weighted by Gasteiger charge is 2.40. The van der Waals surface area contributed by atoms with Crippen molar-refractivity contribution in [1.29, 1.82) is 0 Å². The van der Waals surface area contributed by atoms with Gasteiger partial charge in [-0.1, -0.05) is 48.5 Å². The Kier molecular flexibility index (Phi) is 6.96. The smallest absolute Gasteiger partial charge is 0.407 e. The van der Waals surface area contributed by atoms with Crippen LogP contribution < -0.4 is 10.6 Å². The lowest BCUT2D eigenvalue weighted by molar-refractivity contribution is -0.140. The van der Waals surface area contributed by atoms with Crippen molar-refractivity contribution in [1.82, 2.24) is 10.6 Å². The molecule has 1 saturated carbocycles. The first-order valence-corrected chi connectivity index (χ1v) is 11.6. The number of amides is 2. The van der Waals surface area contributed by atoms with E-state index in [0.717, 1.165) is 6.42 Å². The Morgan fingerprint density at radius 1 is 0.970 bits per heavy atom. The highest BCUT2D eigenvalue weighted by atomic mass is 16.5. The van der Waals surface area contributed by atoms with E-state index in [9.17, 15) is 14.4 Å². The van der Waals surface area contributed by atoms with Crippen LogP contribution in [0.3, 0.4) is 0 Å². The second-order valence-corrected chi connectivity index (χ2v) is 8.96. The molecule has 0 unspecified atom stereocenters. The van der Waals surface area contributed by atoms with E-state index in [-0.39, 0.29) is 24.9 Å². The van der Waals surface area contributed by atoms with Crippen LogP contribution in [0, 0.1) is 0 Å². The molecule has 0 atom stereocenters. The fraction of sp³-hybridized carbons (Fsp3) is 0.423. The number of aliphatic carboxylic acids is 1. The number of alkyl carbamates (subject to hydrolysis) is 1. The minimum Gasteiger partial charge on any atom is -0.481 e. The van der Waals surface area contributed by atoms with Crippen LogP contribution in [0.1, 0.15) is 62.0 Å². The number of unbranched alkanes of at least 4 members (excludes halogenated alkanes) is 1. The average Bonchev–Trinajstić information content (AvgIpc) is 3.09. The van der Waals surface area contributed by atoms with Crippen molar-refractivity contribution >= 4 is 18.0 Å². The van der Waals surface area contributed by atoms with E-state index in [4.69, 9.17) is 9.84 Å². The van der Waals surface area contributed by atoms with Gasteiger partial charge in [-0.2, -0.15) is 0 Å². The third-order valence-electron chi connectivity index (χ3n) is 6.65. The molecular formula is C26H30N2O5. The molecule has 0 heterocycles. The molecule has 2 amide bonds. The highest BCUT2D eigenvalue weighted by Crippen LogP contribution is 2.44. The van der Waals surface area contributed by atoms with Gasteiger partial charge in [0.15, 0.2) is 0 Å². The number of hydrogen-bond donors (Lipinski definition) is 3. The van der Waals surface area contributed by atoms with Gasteiger partial charge in [-0.05, 0) is 54.4 Å². The summed E-state index contributed by atoms with van der Waals surface area (Å²) in [6.07, 6.45) is 3.45. The standard InChI is InChI=1S/C26H30N2O5/c29-23(28-26(13-7-14-26)16-24(30)31)12-5-6-15-27-25(32)33-17-22-20-10-3-1-8-18(20)19-9-2-4-11-21(19)22/h1-4,8-11,22H,5-7,12-17H2,(H,27,32)(H,28,29)(H,30,31). The van der Waals surface area contributed by atoms with Crippen molar-refractivity contribution in [2.75, 3.05) is 13.2 Å². The lowest BCUT2D eigenvalue weighted by Gasteiger charge is -2.41. The first-order valence-electron chi connectivity index (χ1n) is 11.6. The van der Waals surface area contributed by atoms with Crippen LogP contribution in [0.4, 0.5) is 4.79 Å². The van der Waals surface area contributed by atoms with Gasteiger partial charge in [-0.15, -0.1) is 0 Å². The molecule has 7 heteroatoms. The summed E-state index contributed by atoms with van der Waals surface area (Å²) >= 11 is 0. The lowest BCUT2D eigenvalue weighted by Crippen LogP contribution is -2.54. The maximum absolute atomic E-state index is 12.2. The zero-order valence-electron chi connectivity index (χ0n) is 18.6. The van der Waals surface area contributed by atoms with E-state index in [0.29, 0.717) is 38.6 Å². The molecule has 174 valence electrons. The minimum absolute atomic E-state index is 0.0245. The van der Waals surface area contributed by atoms with E-state index in [1.165, 1.54) is 22.3 Å². The van der Waals surface area contributed by atoms with Crippen LogP contribution in [0.5, 0.6) is 0 Å². The Morgan fingerprint density at radius 3 is 2.18 bits per heavy atom. The summed E-state index contributed by atoms with van der Waals surface area (Å²) in [6, 6.07) is 16.4. The molecule has 3 N–H and O–H groups in total. The molecule has 0 bridgehead atoms. The maximum Gasteiger partial charge on any atom is 0.407 e. The number of rotatable bonds is 10. The van der Waals surface area contributed by atoms with Gasteiger partial charge in [0, 0.05) is 18.9 Å². The number of carbonyl (C=O) groups excluding carboxylic acids is 2. The number of hydrogen-bond acceptors (Lipinski definition) is 4. The predicted octanol–water partition coefficient (Wildman–Crippen LogP) is 4.21. The minimum atomic E-state index is -0.887. The van der Waals surface area contributed by atoms with Crippen LogP contribution >= 0.6 is 0 Å². The summed E-state index contributed by atoms with van der Waals surface area (Å²) in [6.45, 7) is 0.693. The molecule has 0 aromatic heterocycles. The van der Waals surface area contributed by atoms with Crippen molar-refractivity contribution in [3.8, 4) is 11.1 Å². The fourth-order valence-electron chi connectivity index (χ4n) is 4.85. The monoisotopic (exact) mass is 450 g/mol. The van der Waals surface area contributed by atoms with Crippen molar-refractivity contribution in [3.63, 3.8) is 0 Å². The topological polar surface area (TPSA) is 105 Å². The van der Waals surface area contributed by atoms with Gasteiger partial charge in [0.25, 0.3) is 0 Å². The number of benzene rings is 2. The molecule has 7 nitrogen and oxygen atoms in total. The average molecular weight is 451 g/mol. The molecule has 0 saturated heterocycles. The van der Waals surface area contributed by atoms with E-state index in [1.54, 1.807) is 0 Å². The third kappa shape index (κ3) is 5.35. The summed E-state index contributed by atoms with van der Waals surface area (Å²) in [4.78, 5) is 35.4. The lowest BCUT2D eigenvalue weighted by atomic mass is 9.74. The summed E-state index contributed by atoms with van der Waals surface area (Å²) in [5.41, 5.74) is 4.15. The predicted molar refractivity (Wildman–Crippen MR) is 124 cm³/mol. The fourth-order valence-corrected chi connectivity index (χ4v) is 4.85. The maximum atomic E-state index is 12.2. The largest absolute Gasteiger partial charge is 0.481 e. The van der Waals surface area contributed by atoms with Gasteiger partial charge in [-0.25, -0.2) is 4.79 Å². The summed E-state index contributed by atoms with van der Waals surface area (Å²) < 4.78 is 5.51. The molecule has 33 heavy (non-hydrogen) atoms. The van der Waals surface area contributed by atoms with Gasteiger partial charge >= 0.3 is 12.1 Å². The molecule has 2 aliphatic rings. The number of carbonyl (C=O) groups is 3.